The third-order valence-corrected chi connectivity index (χ3v) is 11.4. The zero-order valence-corrected chi connectivity index (χ0v) is 28.3. The molecule has 10 heteroatoms. The molecular formula is C39H44N4O6. The zero-order chi connectivity index (χ0) is 34.2. The minimum absolute atomic E-state index is 0.0752. The number of amides is 2. The van der Waals surface area contributed by atoms with Gasteiger partial charge in [0, 0.05) is 56.2 Å². The van der Waals surface area contributed by atoms with Gasteiger partial charge in [0.2, 0.25) is 5.91 Å². The summed E-state index contributed by atoms with van der Waals surface area (Å²) in [6.45, 7) is 2.35. The lowest BCUT2D eigenvalue weighted by molar-refractivity contribution is -0.144. The summed E-state index contributed by atoms with van der Waals surface area (Å²) in [4.78, 5) is 49.0. The number of methoxy groups -OCH3 is 2. The number of aliphatic carboxylic acids is 1. The maximum absolute atomic E-state index is 13.6. The summed E-state index contributed by atoms with van der Waals surface area (Å²) < 4.78 is 10.1. The van der Waals surface area contributed by atoms with E-state index in [4.69, 9.17) is 19.5 Å². The Kier molecular flexibility index (Phi) is 9.24. The molecule has 0 spiro atoms. The normalized spacial score (nSPS) is 26.9. The third-order valence-electron chi connectivity index (χ3n) is 11.4. The standard InChI is InChI=1S/C39H44N4O6/c1-22(48-2)36(42-39(47)49-3)37(44)43-16-4-5-33(43)31-18-29(20-40-31)25-10-6-23(7-11-25)24-8-12-26(13-9-24)30-19-32(41-21-30)34-27-14-15-28(17-27)35(34)38(45)46/h6-13,20-22,27-28,33-36H,4-5,14-19H2,1-3H3,(H,42,47)(H,45,46)/t22-,27?,28?,33+,34?,35+,36+/m1/s1. The van der Waals surface area contributed by atoms with Crippen molar-refractivity contribution in [2.45, 2.75) is 70.1 Å². The molecule has 2 amide bonds. The van der Waals surface area contributed by atoms with Gasteiger partial charge in [0.25, 0.3) is 0 Å². The number of ether oxygens (including phenoxy) is 2. The van der Waals surface area contributed by atoms with Gasteiger partial charge in [-0.15, -0.1) is 0 Å². The van der Waals surface area contributed by atoms with E-state index < -0.39 is 24.2 Å². The first-order valence-corrected chi connectivity index (χ1v) is 17.4. The molecule has 7 atom stereocenters. The number of rotatable bonds is 10. The summed E-state index contributed by atoms with van der Waals surface area (Å²) >= 11 is 0. The molecule has 2 aromatic rings. The predicted octanol–water partition coefficient (Wildman–Crippen LogP) is 6.22. The van der Waals surface area contributed by atoms with Crippen LogP contribution in [0.3, 0.4) is 0 Å². The Bertz CT molecular complexity index is 1740. The molecule has 7 rings (SSSR count). The maximum atomic E-state index is 13.6. The van der Waals surface area contributed by atoms with Crippen molar-refractivity contribution in [2.24, 2.45) is 33.7 Å². The Morgan fingerprint density at radius 2 is 1.41 bits per heavy atom. The fraction of sp³-hybridized carbons (Fsp3) is 0.462. The molecule has 3 fully saturated rings. The molecule has 5 aliphatic rings. The number of allylic oxidation sites excluding steroid dienone is 2. The number of carbonyl (C=O) groups is 3. The van der Waals surface area contributed by atoms with Gasteiger partial charge in [0.15, 0.2) is 0 Å². The van der Waals surface area contributed by atoms with Crippen molar-refractivity contribution in [1.29, 1.82) is 0 Å². The highest BCUT2D eigenvalue weighted by Gasteiger charge is 2.53. The lowest BCUT2D eigenvalue weighted by Crippen LogP contribution is -2.56. The summed E-state index contributed by atoms with van der Waals surface area (Å²) in [5.41, 5.74) is 8.71. The van der Waals surface area contributed by atoms with Gasteiger partial charge in [0.05, 0.1) is 25.2 Å². The number of benzene rings is 2. The smallest absolute Gasteiger partial charge is 0.407 e. The monoisotopic (exact) mass is 664 g/mol. The molecule has 2 bridgehead atoms. The summed E-state index contributed by atoms with van der Waals surface area (Å²) in [7, 11) is 2.79. The van der Waals surface area contributed by atoms with Crippen LogP contribution in [0.15, 0.2) is 70.9 Å². The first kappa shape index (κ1) is 33.0. The number of alkyl carbamates (subject to hydrolysis) is 1. The van der Waals surface area contributed by atoms with Crippen LogP contribution in [0.25, 0.3) is 22.3 Å². The van der Waals surface area contributed by atoms with Crippen LogP contribution in [0, 0.1) is 23.7 Å². The van der Waals surface area contributed by atoms with Crippen LogP contribution in [-0.4, -0.2) is 78.4 Å². The van der Waals surface area contributed by atoms with Crippen molar-refractivity contribution < 1.29 is 29.0 Å². The van der Waals surface area contributed by atoms with E-state index in [-0.39, 0.29) is 23.8 Å². The van der Waals surface area contributed by atoms with Crippen LogP contribution < -0.4 is 5.32 Å². The second-order valence-corrected chi connectivity index (χ2v) is 14.0. The van der Waals surface area contributed by atoms with Crippen molar-refractivity contribution in [1.82, 2.24) is 10.2 Å². The van der Waals surface area contributed by atoms with Crippen molar-refractivity contribution in [2.75, 3.05) is 20.8 Å². The molecule has 3 unspecified atom stereocenters. The van der Waals surface area contributed by atoms with E-state index in [0.717, 1.165) is 83.3 Å². The van der Waals surface area contributed by atoms with Gasteiger partial charge >= 0.3 is 12.1 Å². The highest BCUT2D eigenvalue weighted by Crippen LogP contribution is 2.54. The molecule has 0 aromatic heterocycles. The SMILES string of the molecule is COC(=O)N[C@H](C(=O)N1CCC[C@H]1C1=NC=C(c2ccc(-c3ccc(C4=CN=C(C5C6CCC(C6)[C@@H]5C(=O)O)C4)cc3)cc2)C1)[C@@H](C)OC. The van der Waals surface area contributed by atoms with Crippen molar-refractivity contribution in [3.63, 3.8) is 0 Å². The molecule has 2 aliphatic carbocycles. The molecule has 10 nitrogen and oxygen atoms in total. The number of carboxylic acids is 1. The Labute approximate surface area is 287 Å². The van der Waals surface area contributed by atoms with Gasteiger partial charge in [0.1, 0.15) is 6.04 Å². The van der Waals surface area contributed by atoms with Crippen LogP contribution in [0.5, 0.6) is 0 Å². The van der Waals surface area contributed by atoms with E-state index in [0.29, 0.717) is 24.8 Å². The number of carbonyl (C=O) groups excluding carboxylic acids is 2. The molecule has 3 aliphatic heterocycles. The lowest BCUT2D eigenvalue weighted by Gasteiger charge is -2.31. The Balaban J connectivity index is 0.959. The molecule has 2 aromatic carbocycles. The predicted molar refractivity (Wildman–Crippen MR) is 188 cm³/mol. The van der Waals surface area contributed by atoms with Gasteiger partial charge < -0.3 is 24.8 Å². The van der Waals surface area contributed by atoms with Gasteiger partial charge in [-0.25, -0.2) is 4.79 Å². The highest BCUT2D eigenvalue weighted by atomic mass is 16.5. The number of carboxylic acid groups (broad SMARTS) is 1. The molecule has 0 radical (unpaired) electrons. The van der Waals surface area contributed by atoms with Gasteiger partial charge in [-0.1, -0.05) is 48.5 Å². The number of nitrogens with one attached hydrogen (secondary N) is 1. The zero-order valence-electron chi connectivity index (χ0n) is 28.3. The van der Waals surface area contributed by atoms with Gasteiger partial charge in [-0.2, -0.15) is 0 Å². The molecule has 3 heterocycles. The molecule has 1 saturated heterocycles. The third kappa shape index (κ3) is 6.34. The number of likely N-dealkylation sites (tertiary alicyclic amines) is 1. The van der Waals surface area contributed by atoms with Gasteiger partial charge in [-0.05, 0) is 84.3 Å². The number of nitrogens with zero attached hydrogens (tertiary/aromatic N) is 3. The quantitative estimate of drug-likeness (QED) is 0.310. The van der Waals surface area contributed by atoms with Crippen LogP contribution in [0.1, 0.15) is 63.0 Å². The fourth-order valence-electron chi connectivity index (χ4n) is 8.79. The summed E-state index contributed by atoms with van der Waals surface area (Å²) in [6, 6.07) is 16.0. The second kappa shape index (κ2) is 13.7. The highest BCUT2D eigenvalue weighted by molar-refractivity contribution is 6.04. The summed E-state index contributed by atoms with van der Waals surface area (Å²) in [6.07, 6.45) is 8.92. The Morgan fingerprint density at radius 1 is 0.837 bits per heavy atom. The largest absolute Gasteiger partial charge is 0.481 e. The van der Waals surface area contributed by atoms with E-state index in [1.54, 1.807) is 6.92 Å². The van der Waals surface area contributed by atoms with E-state index >= 15 is 0 Å². The minimum Gasteiger partial charge on any atom is -0.481 e. The molecule has 49 heavy (non-hydrogen) atoms. The van der Waals surface area contributed by atoms with Crippen LogP contribution in [-0.2, 0) is 19.1 Å². The van der Waals surface area contributed by atoms with E-state index in [1.165, 1.54) is 14.2 Å². The minimum atomic E-state index is -0.853. The summed E-state index contributed by atoms with van der Waals surface area (Å²) in [5, 5.41) is 12.5. The average Bonchev–Trinajstić information content (AvgIpc) is 3.98. The average molecular weight is 665 g/mol. The van der Waals surface area contributed by atoms with E-state index in [9.17, 15) is 19.5 Å². The number of aliphatic imine (C=N–C) groups is 2. The first-order valence-electron chi connectivity index (χ1n) is 17.4. The van der Waals surface area contributed by atoms with Crippen LogP contribution in [0.2, 0.25) is 0 Å². The number of fused-ring (bicyclic) bond motifs is 2. The van der Waals surface area contributed by atoms with E-state index in [2.05, 4.69) is 53.8 Å². The number of hydrogen-bond acceptors (Lipinski definition) is 7. The van der Waals surface area contributed by atoms with Crippen molar-refractivity contribution in [3.05, 3.63) is 72.1 Å². The summed E-state index contributed by atoms with van der Waals surface area (Å²) in [5.74, 6) is -0.299. The molecule has 2 saturated carbocycles. The lowest BCUT2D eigenvalue weighted by atomic mass is 9.75. The molecular weight excluding hydrogens is 620 g/mol. The first-order chi connectivity index (χ1) is 23.7. The second-order valence-electron chi connectivity index (χ2n) is 14.0. The Hall–Kier alpha value is -4.57. The van der Waals surface area contributed by atoms with E-state index in [1.807, 2.05) is 17.3 Å². The topological polar surface area (TPSA) is 130 Å². The number of hydrogen-bond donors (Lipinski definition) is 2. The fourth-order valence-corrected chi connectivity index (χ4v) is 8.79. The maximum Gasteiger partial charge on any atom is 0.407 e. The molecule has 256 valence electrons. The van der Waals surface area contributed by atoms with Crippen LogP contribution in [0.4, 0.5) is 4.79 Å². The van der Waals surface area contributed by atoms with Crippen molar-refractivity contribution >= 4 is 40.5 Å². The van der Waals surface area contributed by atoms with Gasteiger partial charge in [-0.3, -0.25) is 19.6 Å². The Morgan fingerprint density at radius 3 is 2.00 bits per heavy atom. The molecule has 2 N–H and O–H groups in total. The van der Waals surface area contributed by atoms with Crippen molar-refractivity contribution in [3.8, 4) is 11.1 Å². The van der Waals surface area contributed by atoms with Crippen LogP contribution >= 0.6 is 0 Å².